The van der Waals surface area contributed by atoms with Gasteiger partial charge in [-0.2, -0.15) is 0 Å². The largest absolute Gasteiger partial charge is 0.444 e. The second-order valence-electron chi connectivity index (χ2n) is 15.6. The normalized spacial score (nSPS) is 21.9. The summed E-state index contributed by atoms with van der Waals surface area (Å²) < 4.78 is 12.6. The third kappa shape index (κ3) is 11.2. The summed E-state index contributed by atoms with van der Waals surface area (Å²) in [6, 6.07) is 1.20. The van der Waals surface area contributed by atoms with Crippen LogP contribution in [-0.4, -0.2) is 102 Å². The highest BCUT2D eigenvalue weighted by Crippen LogP contribution is 2.31. The van der Waals surface area contributed by atoms with Crippen molar-refractivity contribution in [3.05, 3.63) is 35.4 Å². The van der Waals surface area contributed by atoms with Gasteiger partial charge in [-0.05, 0) is 107 Å². The summed E-state index contributed by atoms with van der Waals surface area (Å²) in [6.07, 6.45) is 10.6. The van der Waals surface area contributed by atoms with Crippen LogP contribution in [-0.2, 0) is 22.6 Å². The summed E-state index contributed by atoms with van der Waals surface area (Å²) in [5.74, 6) is 0. The van der Waals surface area contributed by atoms with E-state index in [9.17, 15) is 14.4 Å². The Hall–Kier alpha value is -3.61. The van der Waals surface area contributed by atoms with Crippen LogP contribution in [0.1, 0.15) is 131 Å². The minimum atomic E-state index is -0.482. The Labute approximate surface area is 300 Å². The van der Waals surface area contributed by atoms with E-state index in [2.05, 4.69) is 20.3 Å². The van der Waals surface area contributed by atoms with E-state index in [4.69, 9.17) is 9.47 Å². The summed E-state index contributed by atoms with van der Waals surface area (Å²) in [6.45, 7) is 16.7. The fourth-order valence-electron chi connectivity index (χ4n) is 6.67. The maximum atomic E-state index is 12.6. The number of aromatic amines is 1. The maximum absolute atomic E-state index is 12.6. The fraction of sp³-hybridized carbons (Fsp3) is 0.757. The molecular formula is C37H66N8O5. The first kappa shape index (κ1) is 42.6. The zero-order chi connectivity index (χ0) is 35.4. The van der Waals surface area contributed by atoms with Gasteiger partial charge in [-0.3, -0.25) is 4.57 Å². The van der Waals surface area contributed by atoms with E-state index in [1.165, 1.54) is 0 Å². The van der Waals surface area contributed by atoms with Gasteiger partial charge < -0.3 is 34.5 Å². The molecule has 2 aromatic rings. The van der Waals surface area contributed by atoms with Crippen LogP contribution in [0.2, 0.25) is 0 Å². The average molecular weight is 703 g/mol. The van der Waals surface area contributed by atoms with Crippen LogP contribution in [0.4, 0.5) is 14.4 Å². The summed E-state index contributed by atoms with van der Waals surface area (Å²) in [5, 5.41) is 3.57. The second-order valence-corrected chi connectivity index (χ2v) is 15.6. The Bertz CT molecular complexity index is 1390. The van der Waals surface area contributed by atoms with Crippen molar-refractivity contribution in [3.8, 4) is 0 Å². The molecular weight excluding hydrogens is 636 g/mol. The predicted octanol–water partition coefficient (Wildman–Crippen LogP) is 7.41. The monoisotopic (exact) mass is 703 g/mol. The first-order chi connectivity index (χ1) is 22.4. The molecule has 2 aliphatic carbocycles. The minimum Gasteiger partial charge on any atom is -0.444 e. The summed E-state index contributed by atoms with van der Waals surface area (Å²) in [4.78, 5) is 54.0. The van der Waals surface area contributed by atoms with E-state index < -0.39 is 11.2 Å². The molecule has 3 aliphatic rings. The quantitative estimate of drug-likeness (QED) is 0.318. The van der Waals surface area contributed by atoms with Crippen molar-refractivity contribution < 1.29 is 23.9 Å². The zero-order valence-corrected chi connectivity index (χ0v) is 30.8. The number of aryl methyl sites for hydroxylation is 2. The smallest absolute Gasteiger partial charge is 0.410 e. The lowest BCUT2D eigenvalue weighted by molar-refractivity contribution is 0.0157. The Morgan fingerprint density at radius 1 is 0.860 bits per heavy atom. The van der Waals surface area contributed by atoms with Gasteiger partial charge in [0.25, 0.3) is 0 Å². The molecule has 0 atom stereocenters. The SMILES string of the molecule is C.C.Cc1[nH]cnc1CNC1CCC(N(C)C(=O)OC(C)(C)C)CC1.Cc1ncn2c1CN(C1CCC(N(C)C(=O)OC(C)(C)C)CC1)C2=O. The third-order valence-corrected chi connectivity index (χ3v) is 9.60. The molecule has 0 aromatic carbocycles. The number of nitrogens with zero attached hydrogens (tertiary/aromatic N) is 6. The first-order valence-electron chi connectivity index (χ1n) is 17.4. The molecule has 2 N–H and O–H groups in total. The molecule has 1 aliphatic heterocycles. The molecule has 50 heavy (non-hydrogen) atoms. The summed E-state index contributed by atoms with van der Waals surface area (Å²) >= 11 is 0. The van der Waals surface area contributed by atoms with Gasteiger partial charge in [0, 0.05) is 50.5 Å². The Morgan fingerprint density at radius 2 is 1.36 bits per heavy atom. The number of aromatic nitrogens is 4. The number of ether oxygens (including phenoxy) is 2. The molecule has 13 heteroatoms. The number of imidazole rings is 2. The Balaban J connectivity index is 0.000000335. The Morgan fingerprint density at radius 3 is 1.80 bits per heavy atom. The number of carbonyl (C=O) groups is 3. The zero-order valence-electron chi connectivity index (χ0n) is 30.8. The maximum Gasteiger partial charge on any atom is 0.410 e. The highest BCUT2D eigenvalue weighted by Gasteiger charge is 2.37. The molecule has 0 saturated heterocycles. The molecule has 5 rings (SSSR count). The number of nitrogens with one attached hydrogen (secondary N) is 2. The molecule has 0 radical (unpaired) electrons. The van der Waals surface area contributed by atoms with Crippen LogP contribution in [0.5, 0.6) is 0 Å². The number of amides is 3. The highest BCUT2D eigenvalue weighted by molar-refractivity contribution is 5.80. The third-order valence-electron chi connectivity index (χ3n) is 9.60. The lowest BCUT2D eigenvalue weighted by Gasteiger charge is -2.38. The fourth-order valence-corrected chi connectivity index (χ4v) is 6.67. The molecule has 2 aromatic heterocycles. The van der Waals surface area contributed by atoms with E-state index in [1.807, 2.05) is 67.3 Å². The Kier molecular flexibility index (Phi) is 14.9. The van der Waals surface area contributed by atoms with E-state index in [1.54, 1.807) is 34.1 Å². The summed E-state index contributed by atoms with van der Waals surface area (Å²) in [5.41, 5.74) is 3.20. The van der Waals surface area contributed by atoms with Crippen LogP contribution in [0.3, 0.4) is 0 Å². The van der Waals surface area contributed by atoms with Crippen molar-refractivity contribution in [3.63, 3.8) is 0 Å². The highest BCUT2D eigenvalue weighted by atomic mass is 16.6. The van der Waals surface area contributed by atoms with E-state index in [0.717, 1.165) is 80.7 Å². The van der Waals surface area contributed by atoms with Crippen molar-refractivity contribution in [2.75, 3.05) is 14.1 Å². The molecule has 13 nitrogen and oxygen atoms in total. The first-order valence-corrected chi connectivity index (χ1v) is 17.4. The molecule has 284 valence electrons. The average Bonchev–Trinajstić information content (AvgIpc) is 3.70. The van der Waals surface area contributed by atoms with Crippen LogP contribution < -0.4 is 5.32 Å². The van der Waals surface area contributed by atoms with Gasteiger partial charge in [0.15, 0.2) is 0 Å². The van der Waals surface area contributed by atoms with Crippen molar-refractivity contribution >= 4 is 18.2 Å². The molecule has 2 fully saturated rings. The number of H-pyrrole nitrogens is 1. The molecule has 3 heterocycles. The molecule has 0 unspecified atom stereocenters. The number of carbonyl (C=O) groups excluding carboxylic acids is 3. The van der Waals surface area contributed by atoms with Gasteiger partial charge in [0.1, 0.15) is 17.5 Å². The molecule has 3 amide bonds. The van der Waals surface area contributed by atoms with Crippen LogP contribution in [0, 0.1) is 13.8 Å². The lowest BCUT2D eigenvalue weighted by atomic mass is 9.89. The van der Waals surface area contributed by atoms with Crippen molar-refractivity contribution in [1.82, 2.24) is 39.5 Å². The number of fused-ring (bicyclic) bond motifs is 1. The van der Waals surface area contributed by atoms with E-state index in [-0.39, 0.29) is 51.2 Å². The predicted molar refractivity (Wildman–Crippen MR) is 197 cm³/mol. The number of rotatable bonds is 6. The topological polar surface area (TPSA) is 138 Å². The standard InChI is InChI=1S/C18H28N4O3.C17H30N4O2.2CH4/c1-12-15-10-21(16(23)22(15)11-19-12)14-8-6-13(7-9-14)20(5)17(24)25-18(2,3)4;1-12-15(20-11-19-12)10-18-13-6-8-14(9-7-13)21(5)16(22)23-17(2,3)4;;/h11,13-14H,6-10H2,1-5H3;11,13-14,18H,6-10H2,1-5H3,(H,19,20);2*1H4. The van der Waals surface area contributed by atoms with Gasteiger partial charge in [-0.25, -0.2) is 24.4 Å². The number of hydrogen-bond donors (Lipinski definition) is 2. The van der Waals surface area contributed by atoms with Crippen LogP contribution in [0.25, 0.3) is 0 Å². The van der Waals surface area contributed by atoms with E-state index >= 15 is 0 Å². The van der Waals surface area contributed by atoms with Gasteiger partial charge >= 0.3 is 18.2 Å². The van der Waals surface area contributed by atoms with Crippen molar-refractivity contribution in [1.29, 1.82) is 0 Å². The van der Waals surface area contributed by atoms with Crippen LogP contribution in [0.15, 0.2) is 12.7 Å². The van der Waals surface area contributed by atoms with E-state index in [0.29, 0.717) is 12.6 Å². The van der Waals surface area contributed by atoms with Gasteiger partial charge in [0.05, 0.1) is 30.0 Å². The van der Waals surface area contributed by atoms with Crippen molar-refractivity contribution in [2.24, 2.45) is 0 Å². The molecule has 2 saturated carbocycles. The van der Waals surface area contributed by atoms with Gasteiger partial charge in [-0.15, -0.1) is 0 Å². The van der Waals surface area contributed by atoms with Gasteiger partial charge in [-0.1, -0.05) is 14.9 Å². The van der Waals surface area contributed by atoms with Crippen molar-refractivity contribution in [2.45, 2.75) is 170 Å². The van der Waals surface area contributed by atoms with Gasteiger partial charge in [0.2, 0.25) is 0 Å². The lowest BCUT2D eigenvalue weighted by Crippen LogP contribution is -2.46. The minimum absolute atomic E-state index is 0. The summed E-state index contributed by atoms with van der Waals surface area (Å²) in [7, 11) is 3.65. The molecule has 0 spiro atoms. The van der Waals surface area contributed by atoms with Crippen LogP contribution >= 0.6 is 0 Å². The second kappa shape index (κ2) is 17.5. The number of hydrogen-bond acceptors (Lipinski definition) is 8. The molecule has 0 bridgehead atoms.